The highest BCUT2D eigenvalue weighted by atomic mass is 19.1. The predicted molar refractivity (Wildman–Crippen MR) is 52.5 cm³/mol. The molecule has 82 valence electrons. The van der Waals surface area contributed by atoms with E-state index in [-0.39, 0.29) is 12.1 Å². The minimum absolute atomic E-state index is 0.159. The van der Waals surface area contributed by atoms with Gasteiger partial charge in [-0.1, -0.05) is 0 Å². The highest BCUT2D eigenvalue weighted by Gasteiger charge is 2.22. The Labute approximate surface area is 87.2 Å². The minimum atomic E-state index is -0.425. The Hall–Kier alpha value is -1.00. The molecule has 0 bridgehead atoms. The van der Waals surface area contributed by atoms with Crippen molar-refractivity contribution in [3.63, 3.8) is 0 Å². The normalized spacial score (nSPS) is 26.6. The molecule has 1 aromatic rings. The molecular weight excluding hydrogens is 200 g/mol. The number of nitrogens with one attached hydrogen (secondary N) is 1. The van der Waals surface area contributed by atoms with Crippen LogP contribution >= 0.6 is 0 Å². The summed E-state index contributed by atoms with van der Waals surface area (Å²) in [5.74, 6) is -0.821. The predicted octanol–water partition coefficient (Wildman–Crippen LogP) is 2.01. The van der Waals surface area contributed by atoms with Crippen LogP contribution in [0.4, 0.5) is 8.78 Å². The van der Waals surface area contributed by atoms with Crippen LogP contribution in [0.15, 0.2) is 18.2 Å². The van der Waals surface area contributed by atoms with Crippen molar-refractivity contribution in [3.8, 4) is 0 Å². The third-order valence-electron chi connectivity index (χ3n) is 2.47. The number of halogens is 2. The maximum Gasteiger partial charge on any atom is 0.128 e. The third-order valence-corrected chi connectivity index (χ3v) is 2.47. The van der Waals surface area contributed by atoms with Crippen LogP contribution < -0.4 is 5.32 Å². The molecule has 2 atom stereocenters. The van der Waals surface area contributed by atoms with Crippen LogP contribution in [0.1, 0.15) is 18.5 Å². The zero-order chi connectivity index (χ0) is 10.8. The van der Waals surface area contributed by atoms with Crippen molar-refractivity contribution < 1.29 is 13.5 Å². The van der Waals surface area contributed by atoms with Crippen molar-refractivity contribution in [2.24, 2.45) is 0 Å². The molecule has 1 fully saturated rings. The molecule has 0 radical (unpaired) electrons. The van der Waals surface area contributed by atoms with Gasteiger partial charge in [-0.2, -0.15) is 0 Å². The summed E-state index contributed by atoms with van der Waals surface area (Å²) in [7, 11) is 0. The summed E-state index contributed by atoms with van der Waals surface area (Å²) in [6.07, 6.45) is 0. The number of benzene rings is 1. The monoisotopic (exact) mass is 213 g/mol. The fourth-order valence-corrected chi connectivity index (χ4v) is 1.76. The molecule has 0 aliphatic carbocycles. The average molecular weight is 213 g/mol. The molecule has 1 heterocycles. The Morgan fingerprint density at radius 1 is 1.33 bits per heavy atom. The second-order valence-electron chi connectivity index (χ2n) is 3.82. The van der Waals surface area contributed by atoms with Gasteiger partial charge in [0.2, 0.25) is 0 Å². The molecule has 2 unspecified atom stereocenters. The molecule has 4 heteroatoms. The Morgan fingerprint density at radius 2 is 2.13 bits per heavy atom. The molecule has 1 aliphatic rings. The van der Waals surface area contributed by atoms with E-state index in [2.05, 4.69) is 5.32 Å². The van der Waals surface area contributed by atoms with Gasteiger partial charge in [0.05, 0.1) is 19.3 Å². The number of hydrogen-bond donors (Lipinski definition) is 1. The van der Waals surface area contributed by atoms with Crippen LogP contribution in [0.2, 0.25) is 0 Å². The van der Waals surface area contributed by atoms with E-state index in [0.29, 0.717) is 18.8 Å². The largest absolute Gasteiger partial charge is 0.378 e. The van der Waals surface area contributed by atoms with E-state index < -0.39 is 11.6 Å². The summed E-state index contributed by atoms with van der Waals surface area (Å²) in [6, 6.07) is 3.38. The van der Waals surface area contributed by atoms with Gasteiger partial charge in [-0.25, -0.2) is 8.78 Å². The zero-order valence-corrected chi connectivity index (χ0v) is 8.47. The standard InChI is InChI=1S/C11H13F2NO/c1-7-5-15-6-11(14-7)9-4-8(12)2-3-10(9)13/h2-4,7,11,14H,5-6H2,1H3. The Balaban J connectivity index is 2.24. The molecule has 1 aromatic carbocycles. The van der Waals surface area contributed by atoms with E-state index >= 15 is 0 Å². The van der Waals surface area contributed by atoms with Crippen LogP contribution in [0, 0.1) is 11.6 Å². The molecule has 0 aromatic heterocycles. The van der Waals surface area contributed by atoms with Crippen molar-refractivity contribution in [1.29, 1.82) is 0 Å². The first-order chi connectivity index (χ1) is 7.16. The van der Waals surface area contributed by atoms with E-state index in [1.807, 2.05) is 6.92 Å². The van der Waals surface area contributed by atoms with Gasteiger partial charge in [0, 0.05) is 11.6 Å². The minimum Gasteiger partial charge on any atom is -0.378 e. The van der Waals surface area contributed by atoms with E-state index in [1.54, 1.807) is 0 Å². The topological polar surface area (TPSA) is 21.3 Å². The maximum absolute atomic E-state index is 13.4. The lowest BCUT2D eigenvalue weighted by Crippen LogP contribution is -2.42. The second-order valence-corrected chi connectivity index (χ2v) is 3.82. The summed E-state index contributed by atoms with van der Waals surface area (Å²) in [6.45, 7) is 2.93. The first-order valence-electron chi connectivity index (χ1n) is 4.95. The number of ether oxygens (including phenoxy) is 1. The van der Waals surface area contributed by atoms with Gasteiger partial charge in [0.15, 0.2) is 0 Å². The third kappa shape index (κ3) is 2.33. The van der Waals surface area contributed by atoms with Crippen LogP contribution in [0.25, 0.3) is 0 Å². The second kappa shape index (κ2) is 4.24. The average Bonchev–Trinajstić information content (AvgIpc) is 2.22. The number of morpholine rings is 1. The zero-order valence-electron chi connectivity index (χ0n) is 8.47. The summed E-state index contributed by atoms with van der Waals surface area (Å²) < 4.78 is 31.7. The van der Waals surface area contributed by atoms with E-state index in [1.165, 1.54) is 6.07 Å². The smallest absolute Gasteiger partial charge is 0.128 e. The molecule has 0 spiro atoms. The molecular formula is C11H13F2NO. The van der Waals surface area contributed by atoms with Crippen LogP contribution in [-0.4, -0.2) is 19.3 Å². The first-order valence-corrected chi connectivity index (χ1v) is 4.95. The molecule has 1 aliphatic heterocycles. The van der Waals surface area contributed by atoms with E-state index in [0.717, 1.165) is 12.1 Å². The summed E-state index contributed by atoms with van der Waals surface area (Å²) >= 11 is 0. The van der Waals surface area contributed by atoms with Gasteiger partial charge in [-0.3, -0.25) is 0 Å². The van der Waals surface area contributed by atoms with Gasteiger partial charge in [-0.15, -0.1) is 0 Å². The van der Waals surface area contributed by atoms with Crippen molar-refractivity contribution in [3.05, 3.63) is 35.4 Å². The van der Waals surface area contributed by atoms with Crippen molar-refractivity contribution in [2.45, 2.75) is 19.0 Å². The van der Waals surface area contributed by atoms with Gasteiger partial charge in [-0.05, 0) is 25.1 Å². The van der Waals surface area contributed by atoms with Crippen molar-refractivity contribution in [1.82, 2.24) is 5.32 Å². The highest BCUT2D eigenvalue weighted by molar-refractivity contribution is 5.23. The molecule has 15 heavy (non-hydrogen) atoms. The quantitative estimate of drug-likeness (QED) is 0.770. The first kappa shape index (κ1) is 10.5. The van der Waals surface area contributed by atoms with Crippen molar-refractivity contribution in [2.75, 3.05) is 13.2 Å². The van der Waals surface area contributed by atoms with Gasteiger partial charge < -0.3 is 10.1 Å². The molecule has 2 rings (SSSR count). The van der Waals surface area contributed by atoms with E-state index in [9.17, 15) is 8.78 Å². The highest BCUT2D eigenvalue weighted by Crippen LogP contribution is 2.21. The Bertz CT molecular complexity index is 356. The lowest BCUT2D eigenvalue weighted by atomic mass is 10.0. The van der Waals surface area contributed by atoms with Crippen molar-refractivity contribution >= 4 is 0 Å². The lowest BCUT2D eigenvalue weighted by Gasteiger charge is -2.29. The van der Waals surface area contributed by atoms with Gasteiger partial charge in [0.1, 0.15) is 11.6 Å². The van der Waals surface area contributed by atoms with Gasteiger partial charge >= 0.3 is 0 Å². The van der Waals surface area contributed by atoms with Gasteiger partial charge in [0.25, 0.3) is 0 Å². The van der Waals surface area contributed by atoms with Crippen LogP contribution in [-0.2, 0) is 4.74 Å². The molecule has 2 nitrogen and oxygen atoms in total. The summed E-state index contributed by atoms with van der Waals surface area (Å²) in [4.78, 5) is 0. The molecule has 1 N–H and O–H groups in total. The SMILES string of the molecule is CC1COCC(c2cc(F)ccc2F)N1. The molecule has 0 amide bonds. The van der Waals surface area contributed by atoms with Crippen LogP contribution in [0.3, 0.4) is 0 Å². The molecule has 0 saturated carbocycles. The summed E-state index contributed by atoms with van der Waals surface area (Å²) in [5, 5.41) is 3.17. The van der Waals surface area contributed by atoms with E-state index in [4.69, 9.17) is 4.74 Å². The Kier molecular flexibility index (Phi) is 2.98. The van der Waals surface area contributed by atoms with Crippen LogP contribution in [0.5, 0.6) is 0 Å². The lowest BCUT2D eigenvalue weighted by molar-refractivity contribution is 0.0493. The maximum atomic E-state index is 13.4. The summed E-state index contributed by atoms with van der Waals surface area (Å²) in [5.41, 5.74) is 0.335. The molecule has 1 saturated heterocycles. The number of rotatable bonds is 1. The fraction of sp³-hybridized carbons (Fsp3) is 0.455. The number of hydrogen-bond acceptors (Lipinski definition) is 2. The fourth-order valence-electron chi connectivity index (χ4n) is 1.76. The Morgan fingerprint density at radius 3 is 2.87 bits per heavy atom.